The van der Waals surface area contributed by atoms with E-state index in [0.29, 0.717) is 5.56 Å². The highest BCUT2D eigenvalue weighted by atomic mass is 32.1. The van der Waals surface area contributed by atoms with E-state index in [1.54, 1.807) is 12.1 Å². The zero-order valence-corrected chi connectivity index (χ0v) is 12.7. The summed E-state index contributed by atoms with van der Waals surface area (Å²) in [7, 11) is 0. The third-order valence-electron chi connectivity index (χ3n) is 3.43. The summed E-state index contributed by atoms with van der Waals surface area (Å²) in [5.74, 6) is 0. The van der Waals surface area contributed by atoms with Gasteiger partial charge in [-0.3, -0.25) is 0 Å². The second-order valence-corrected chi connectivity index (χ2v) is 6.01. The third-order valence-corrected chi connectivity index (χ3v) is 4.43. The SMILES string of the molecule is [C-]#[N+]c1sc2nc(-c3ccc(C)cc3)cc(C(F)(F)F)c2c1N. The van der Waals surface area contributed by atoms with Gasteiger partial charge >= 0.3 is 6.18 Å². The Morgan fingerprint density at radius 1 is 1.22 bits per heavy atom. The number of halogens is 3. The molecule has 0 aliphatic rings. The monoisotopic (exact) mass is 333 g/mol. The van der Waals surface area contributed by atoms with Gasteiger partial charge in [-0.15, -0.1) is 11.3 Å². The van der Waals surface area contributed by atoms with Crippen LogP contribution in [-0.2, 0) is 6.18 Å². The fraction of sp³-hybridized carbons (Fsp3) is 0.125. The molecule has 0 radical (unpaired) electrons. The van der Waals surface area contributed by atoms with Gasteiger partial charge in [-0.1, -0.05) is 29.8 Å². The number of benzene rings is 1. The number of thiophene rings is 1. The topological polar surface area (TPSA) is 43.3 Å². The number of nitrogens with two attached hydrogens (primary N) is 1. The fourth-order valence-corrected chi connectivity index (χ4v) is 3.19. The molecule has 2 N–H and O–H groups in total. The summed E-state index contributed by atoms with van der Waals surface area (Å²) in [6.45, 7) is 8.92. The minimum absolute atomic E-state index is 0.0269. The number of rotatable bonds is 1. The van der Waals surface area contributed by atoms with Gasteiger partial charge in [0.25, 0.3) is 5.00 Å². The lowest BCUT2D eigenvalue weighted by Crippen LogP contribution is -2.07. The largest absolute Gasteiger partial charge is 0.417 e. The van der Waals surface area contributed by atoms with Gasteiger partial charge in [0.05, 0.1) is 23.5 Å². The molecule has 0 fully saturated rings. The molecule has 2 heterocycles. The second-order valence-electron chi connectivity index (χ2n) is 5.03. The summed E-state index contributed by atoms with van der Waals surface area (Å²) in [6.07, 6.45) is -4.57. The number of aryl methyl sites for hydroxylation is 1. The van der Waals surface area contributed by atoms with Crippen LogP contribution in [0.1, 0.15) is 11.1 Å². The fourth-order valence-electron chi connectivity index (χ4n) is 2.29. The van der Waals surface area contributed by atoms with E-state index in [1.807, 2.05) is 19.1 Å². The summed E-state index contributed by atoms with van der Waals surface area (Å²) in [5.41, 5.74) is 6.49. The molecule has 0 amide bonds. The number of anilines is 1. The molecule has 0 saturated heterocycles. The number of nitrogen functional groups attached to an aromatic ring is 1. The number of nitrogens with zero attached hydrogens (tertiary/aromatic N) is 2. The van der Waals surface area contributed by atoms with Gasteiger partial charge in [0, 0.05) is 10.9 Å². The van der Waals surface area contributed by atoms with Gasteiger partial charge in [0.2, 0.25) is 0 Å². The van der Waals surface area contributed by atoms with Crippen LogP contribution in [0.3, 0.4) is 0 Å². The van der Waals surface area contributed by atoms with Crippen LogP contribution in [0.2, 0.25) is 0 Å². The van der Waals surface area contributed by atoms with Crippen molar-refractivity contribution < 1.29 is 13.2 Å². The molecule has 116 valence electrons. The second kappa shape index (κ2) is 5.25. The van der Waals surface area contributed by atoms with E-state index < -0.39 is 11.7 Å². The van der Waals surface area contributed by atoms with Gasteiger partial charge in [0.1, 0.15) is 4.83 Å². The van der Waals surface area contributed by atoms with Crippen LogP contribution < -0.4 is 5.73 Å². The van der Waals surface area contributed by atoms with Crippen molar-refractivity contribution >= 4 is 32.2 Å². The van der Waals surface area contributed by atoms with Gasteiger partial charge in [0.15, 0.2) is 0 Å². The molecule has 3 rings (SSSR count). The first-order valence-electron chi connectivity index (χ1n) is 6.56. The molecule has 0 bridgehead atoms. The Balaban J connectivity index is 2.34. The zero-order chi connectivity index (χ0) is 16.8. The van der Waals surface area contributed by atoms with Crippen LogP contribution in [0.15, 0.2) is 30.3 Å². The van der Waals surface area contributed by atoms with Crippen molar-refractivity contribution in [1.82, 2.24) is 4.98 Å². The Kier molecular flexibility index (Phi) is 3.49. The number of hydrogen-bond donors (Lipinski definition) is 1. The highest BCUT2D eigenvalue weighted by Gasteiger charge is 2.35. The molecular formula is C16H10F3N3S. The van der Waals surface area contributed by atoms with Crippen molar-refractivity contribution in [3.63, 3.8) is 0 Å². The quantitative estimate of drug-likeness (QED) is 0.604. The molecule has 3 nitrogen and oxygen atoms in total. The maximum atomic E-state index is 13.4. The smallest absolute Gasteiger partial charge is 0.406 e. The van der Waals surface area contributed by atoms with Crippen molar-refractivity contribution in [2.75, 3.05) is 5.73 Å². The summed E-state index contributed by atoms with van der Waals surface area (Å²) in [6, 6.07) is 8.04. The zero-order valence-electron chi connectivity index (χ0n) is 11.9. The van der Waals surface area contributed by atoms with E-state index >= 15 is 0 Å². The normalized spacial score (nSPS) is 11.6. The Morgan fingerprint density at radius 2 is 1.87 bits per heavy atom. The molecule has 0 unspecified atom stereocenters. The number of pyridine rings is 1. The van der Waals surface area contributed by atoms with Crippen molar-refractivity contribution in [3.8, 4) is 11.3 Å². The lowest BCUT2D eigenvalue weighted by Gasteiger charge is -2.11. The van der Waals surface area contributed by atoms with Gasteiger partial charge in [-0.2, -0.15) is 13.2 Å². The van der Waals surface area contributed by atoms with Crippen LogP contribution in [0, 0.1) is 13.5 Å². The molecule has 0 atom stereocenters. The lowest BCUT2D eigenvalue weighted by molar-refractivity contribution is -0.136. The molecule has 1 aromatic carbocycles. The minimum atomic E-state index is -4.57. The summed E-state index contributed by atoms with van der Waals surface area (Å²) < 4.78 is 40.2. The van der Waals surface area contributed by atoms with Crippen molar-refractivity contribution in [3.05, 3.63) is 52.9 Å². The molecule has 0 aliphatic carbocycles. The van der Waals surface area contributed by atoms with E-state index in [2.05, 4.69) is 9.83 Å². The highest BCUT2D eigenvalue weighted by Crippen LogP contribution is 2.46. The number of hydrogen-bond acceptors (Lipinski definition) is 3. The summed E-state index contributed by atoms with van der Waals surface area (Å²) >= 11 is 0.876. The van der Waals surface area contributed by atoms with Crippen LogP contribution >= 0.6 is 11.3 Å². The third kappa shape index (κ3) is 2.62. The molecule has 7 heteroatoms. The maximum Gasteiger partial charge on any atom is 0.417 e. The first-order valence-corrected chi connectivity index (χ1v) is 7.37. The molecule has 2 aromatic heterocycles. The van der Waals surface area contributed by atoms with Crippen molar-refractivity contribution in [1.29, 1.82) is 0 Å². The van der Waals surface area contributed by atoms with E-state index in [9.17, 15) is 13.2 Å². The molecular weight excluding hydrogens is 323 g/mol. The Labute approximate surface area is 134 Å². The predicted octanol–water partition coefficient (Wildman–Crippen LogP) is 5.42. The maximum absolute atomic E-state index is 13.4. The first-order chi connectivity index (χ1) is 10.8. The first kappa shape index (κ1) is 15.3. The van der Waals surface area contributed by atoms with Crippen LogP contribution in [0.5, 0.6) is 0 Å². The van der Waals surface area contributed by atoms with E-state index in [1.165, 1.54) is 0 Å². The molecule has 0 saturated carbocycles. The van der Waals surface area contributed by atoms with Crippen molar-refractivity contribution in [2.24, 2.45) is 0 Å². The minimum Gasteiger partial charge on any atom is -0.406 e. The molecule has 0 aliphatic heterocycles. The lowest BCUT2D eigenvalue weighted by atomic mass is 10.0. The van der Waals surface area contributed by atoms with Gasteiger partial charge < -0.3 is 5.73 Å². The standard InChI is InChI=1S/C16H10F3N3S/c1-8-3-5-9(6-4-8)11-7-10(16(17,18)19)12-13(20)15(21-2)23-14(12)22-11/h3-7H,20H2,1H3. The average molecular weight is 333 g/mol. The molecule has 3 aromatic rings. The molecule has 0 spiro atoms. The van der Waals surface area contributed by atoms with Crippen LogP contribution in [0.25, 0.3) is 26.3 Å². The summed E-state index contributed by atoms with van der Waals surface area (Å²) in [4.78, 5) is 7.58. The van der Waals surface area contributed by atoms with Crippen molar-refractivity contribution in [2.45, 2.75) is 13.1 Å². The van der Waals surface area contributed by atoms with E-state index in [-0.39, 0.29) is 26.6 Å². The Hall–Kier alpha value is -2.59. The van der Waals surface area contributed by atoms with Gasteiger partial charge in [-0.05, 0) is 13.0 Å². The van der Waals surface area contributed by atoms with Crippen LogP contribution in [-0.4, -0.2) is 4.98 Å². The molecule has 23 heavy (non-hydrogen) atoms. The summed E-state index contributed by atoms with van der Waals surface area (Å²) in [5, 5.41) is -0.164. The average Bonchev–Trinajstić information content (AvgIpc) is 2.82. The van der Waals surface area contributed by atoms with Crippen LogP contribution in [0.4, 0.5) is 23.9 Å². The predicted molar refractivity (Wildman–Crippen MR) is 85.5 cm³/mol. The Bertz CT molecular complexity index is 934. The number of fused-ring (bicyclic) bond motifs is 1. The Morgan fingerprint density at radius 3 is 2.43 bits per heavy atom. The van der Waals surface area contributed by atoms with E-state index in [0.717, 1.165) is 23.0 Å². The number of aromatic nitrogens is 1. The number of alkyl halides is 3. The van der Waals surface area contributed by atoms with E-state index in [4.69, 9.17) is 12.3 Å². The highest BCUT2D eigenvalue weighted by molar-refractivity contribution is 7.23. The van der Waals surface area contributed by atoms with Gasteiger partial charge in [-0.25, -0.2) is 9.83 Å².